The number of rotatable bonds is 8. The SMILES string of the molecule is O=C(O)CCC(Cc1ccccc1)NCc1ccc(Cl)cc1F. The van der Waals surface area contributed by atoms with Crippen molar-refractivity contribution in [3.8, 4) is 0 Å². The Labute approximate surface area is 140 Å². The van der Waals surface area contributed by atoms with Crippen LogP contribution in [0.15, 0.2) is 48.5 Å². The van der Waals surface area contributed by atoms with Crippen molar-refractivity contribution >= 4 is 17.6 Å². The highest BCUT2D eigenvalue weighted by Gasteiger charge is 2.13. The van der Waals surface area contributed by atoms with Gasteiger partial charge in [-0.3, -0.25) is 4.79 Å². The molecule has 5 heteroatoms. The molecule has 0 aliphatic rings. The molecule has 0 bridgehead atoms. The quantitative estimate of drug-likeness (QED) is 0.765. The highest BCUT2D eigenvalue weighted by molar-refractivity contribution is 6.30. The number of aliphatic carboxylic acids is 1. The van der Waals surface area contributed by atoms with Gasteiger partial charge in [0.25, 0.3) is 0 Å². The Morgan fingerprint density at radius 3 is 2.61 bits per heavy atom. The van der Waals surface area contributed by atoms with E-state index in [2.05, 4.69) is 5.32 Å². The smallest absolute Gasteiger partial charge is 0.303 e. The van der Waals surface area contributed by atoms with Crippen LogP contribution < -0.4 is 5.32 Å². The molecule has 1 unspecified atom stereocenters. The fraction of sp³-hybridized carbons (Fsp3) is 0.278. The van der Waals surface area contributed by atoms with Crippen molar-refractivity contribution in [2.75, 3.05) is 0 Å². The van der Waals surface area contributed by atoms with E-state index in [1.165, 1.54) is 6.07 Å². The second-order valence-corrected chi connectivity index (χ2v) is 5.87. The number of hydrogen-bond acceptors (Lipinski definition) is 2. The zero-order valence-corrected chi connectivity index (χ0v) is 13.4. The van der Waals surface area contributed by atoms with Crippen molar-refractivity contribution < 1.29 is 14.3 Å². The van der Waals surface area contributed by atoms with E-state index in [-0.39, 0.29) is 18.3 Å². The van der Waals surface area contributed by atoms with Crippen molar-refractivity contribution in [1.82, 2.24) is 5.32 Å². The summed E-state index contributed by atoms with van der Waals surface area (Å²) in [5.74, 6) is -1.19. The molecule has 0 heterocycles. The van der Waals surface area contributed by atoms with E-state index in [1.807, 2.05) is 30.3 Å². The lowest BCUT2D eigenvalue weighted by molar-refractivity contribution is -0.137. The molecule has 0 aliphatic heterocycles. The molecule has 0 aromatic heterocycles. The molecular weight excluding hydrogens is 317 g/mol. The van der Waals surface area contributed by atoms with Gasteiger partial charge in [-0.1, -0.05) is 48.0 Å². The monoisotopic (exact) mass is 335 g/mol. The van der Waals surface area contributed by atoms with E-state index in [1.54, 1.807) is 12.1 Å². The van der Waals surface area contributed by atoms with Crippen molar-refractivity contribution in [2.45, 2.75) is 31.8 Å². The third kappa shape index (κ3) is 6.00. The van der Waals surface area contributed by atoms with Crippen LogP contribution in [0.4, 0.5) is 4.39 Å². The van der Waals surface area contributed by atoms with Crippen molar-refractivity contribution in [2.24, 2.45) is 0 Å². The maximum Gasteiger partial charge on any atom is 0.303 e. The molecule has 0 spiro atoms. The molecule has 2 aromatic rings. The average Bonchev–Trinajstić information content (AvgIpc) is 2.52. The highest BCUT2D eigenvalue weighted by atomic mass is 35.5. The maximum absolute atomic E-state index is 13.8. The van der Waals surface area contributed by atoms with Crippen LogP contribution in [0, 0.1) is 5.82 Å². The summed E-state index contributed by atoms with van der Waals surface area (Å²) in [6, 6.07) is 14.4. The standard InChI is InChI=1S/C18H19ClFNO2/c19-15-7-6-14(17(20)11-15)12-21-16(8-9-18(22)23)10-13-4-2-1-3-5-13/h1-7,11,16,21H,8-10,12H2,(H,22,23). The van der Waals surface area contributed by atoms with Crippen LogP contribution in [0.2, 0.25) is 5.02 Å². The van der Waals surface area contributed by atoms with Gasteiger partial charge < -0.3 is 10.4 Å². The minimum Gasteiger partial charge on any atom is -0.481 e. The third-order valence-electron chi connectivity index (χ3n) is 3.63. The van der Waals surface area contributed by atoms with Gasteiger partial charge in [-0.05, 0) is 30.5 Å². The van der Waals surface area contributed by atoms with Gasteiger partial charge in [-0.15, -0.1) is 0 Å². The van der Waals surface area contributed by atoms with E-state index in [4.69, 9.17) is 16.7 Å². The van der Waals surface area contributed by atoms with Gasteiger partial charge in [-0.2, -0.15) is 0 Å². The lowest BCUT2D eigenvalue weighted by atomic mass is 10.0. The zero-order chi connectivity index (χ0) is 16.7. The number of halogens is 2. The first-order chi connectivity index (χ1) is 11.0. The lowest BCUT2D eigenvalue weighted by Crippen LogP contribution is -2.31. The molecule has 3 nitrogen and oxygen atoms in total. The fourth-order valence-corrected chi connectivity index (χ4v) is 2.55. The maximum atomic E-state index is 13.8. The van der Waals surface area contributed by atoms with Gasteiger partial charge in [0.2, 0.25) is 0 Å². The molecule has 23 heavy (non-hydrogen) atoms. The second kappa shape index (κ2) is 8.65. The first kappa shape index (κ1) is 17.4. The van der Waals surface area contributed by atoms with E-state index in [0.717, 1.165) is 5.56 Å². The Morgan fingerprint density at radius 2 is 1.96 bits per heavy atom. The van der Waals surface area contributed by atoms with Gasteiger partial charge in [-0.25, -0.2) is 4.39 Å². The Hall–Kier alpha value is -1.91. The van der Waals surface area contributed by atoms with E-state index in [0.29, 0.717) is 30.0 Å². The van der Waals surface area contributed by atoms with Crippen molar-refractivity contribution in [1.29, 1.82) is 0 Å². The Bertz CT molecular complexity index is 649. The number of nitrogens with one attached hydrogen (secondary N) is 1. The molecule has 1 atom stereocenters. The van der Waals surface area contributed by atoms with E-state index >= 15 is 0 Å². The van der Waals surface area contributed by atoms with Crippen LogP contribution in [-0.4, -0.2) is 17.1 Å². The molecule has 2 N–H and O–H groups in total. The number of hydrogen-bond donors (Lipinski definition) is 2. The summed E-state index contributed by atoms with van der Waals surface area (Å²) < 4.78 is 13.8. The molecule has 0 saturated heterocycles. The van der Waals surface area contributed by atoms with E-state index < -0.39 is 5.97 Å². The normalized spacial score (nSPS) is 12.1. The van der Waals surface area contributed by atoms with Crippen LogP contribution in [0.25, 0.3) is 0 Å². The molecule has 0 fully saturated rings. The molecule has 0 radical (unpaired) electrons. The summed E-state index contributed by atoms with van der Waals surface area (Å²) in [6.07, 6.45) is 1.26. The highest BCUT2D eigenvalue weighted by Crippen LogP contribution is 2.15. The van der Waals surface area contributed by atoms with Gasteiger partial charge in [0.15, 0.2) is 0 Å². The van der Waals surface area contributed by atoms with E-state index in [9.17, 15) is 9.18 Å². The predicted octanol–water partition coefficient (Wildman–Crippen LogP) is 4.04. The number of carboxylic acid groups (broad SMARTS) is 1. The molecule has 2 rings (SSSR count). The van der Waals surface area contributed by atoms with Crippen molar-refractivity contribution in [3.05, 3.63) is 70.5 Å². The summed E-state index contributed by atoms with van der Waals surface area (Å²) >= 11 is 5.75. The van der Waals surface area contributed by atoms with Crippen LogP contribution in [0.3, 0.4) is 0 Å². The molecule has 0 amide bonds. The molecule has 122 valence electrons. The summed E-state index contributed by atoms with van der Waals surface area (Å²) in [5.41, 5.74) is 1.63. The lowest BCUT2D eigenvalue weighted by Gasteiger charge is -2.18. The minimum atomic E-state index is -0.831. The third-order valence-corrected chi connectivity index (χ3v) is 3.86. The predicted molar refractivity (Wildman–Crippen MR) is 89.1 cm³/mol. The Kier molecular flexibility index (Phi) is 6.56. The van der Waals surface area contributed by atoms with Crippen LogP contribution >= 0.6 is 11.6 Å². The summed E-state index contributed by atoms with van der Waals surface area (Å²) in [6.45, 7) is 0.333. The number of carboxylic acids is 1. The molecule has 0 saturated carbocycles. The molecule has 2 aromatic carbocycles. The number of carbonyl (C=O) groups is 1. The topological polar surface area (TPSA) is 49.3 Å². The Morgan fingerprint density at radius 1 is 1.22 bits per heavy atom. The first-order valence-electron chi connectivity index (χ1n) is 7.47. The number of benzene rings is 2. The summed E-state index contributed by atoms with van der Waals surface area (Å²) in [5, 5.41) is 12.5. The molecule has 0 aliphatic carbocycles. The summed E-state index contributed by atoms with van der Waals surface area (Å²) in [7, 11) is 0. The largest absolute Gasteiger partial charge is 0.481 e. The van der Waals surface area contributed by atoms with Crippen LogP contribution in [0.5, 0.6) is 0 Å². The Balaban J connectivity index is 2.00. The summed E-state index contributed by atoms with van der Waals surface area (Å²) in [4.78, 5) is 10.8. The molecular formula is C18H19ClFNO2. The van der Waals surface area contributed by atoms with Gasteiger partial charge in [0, 0.05) is 29.6 Å². The minimum absolute atomic E-state index is 0.0384. The average molecular weight is 336 g/mol. The van der Waals surface area contributed by atoms with Crippen LogP contribution in [0.1, 0.15) is 24.0 Å². The zero-order valence-electron chi connectivity index (χ0n) is 12.6. The van der Waals surface area contributed by atoms with Crippen molar-refractivity contribution in [3.63, 3.8) is 0 Å². The van der Waals surface area contributed by atoms with Crippen LogP contribution in [-0.2, 0) is 17.8 Å². The first-order valence-corrected chi connectivity index (χ1v) is 7.85. The van der Waals surface area contributed by atoms with Gasteiger partial charge in [0.05, 0.1) is 0 Å². The van der Waals surface area contributed by atoms with Gasteiger partial charge >= 0.3 is 5.97 Å². The second-order valence-electron chi connectivity index (χ2n) is 5.44. The fourth-order valence-electron chi connectivity index (χ4n) is 2.39. The van der Waals surface area contributed by atoms with Gasteiger partial charge in [0.1, 0.15) is 5.82 Å².